The predicted molar refractivity (Wildman–Crippen MR) is 318 cm³/mol. The SMILES string of the molecule is CC1(C)CCC(C)(C)c2cc(N3B4c5cc6c(cc5-n5c7ccc8ccccc8c7c7c(-n8c9ccccc9c9ccccc98)cc(c4c75)-c4cc5c(cc43)C(C)(C)CCC5(C)C)C(C)(C)CCC6(C)C)ccc21. The summed E-state index contributed by atoms with van der Waals surface area (Å²) in [5.74, 6) is 0. The number of rotatable bonds is 2. The summed E-state index contributed by atoms with van der Waals surface area (Å²) in [4.78, 5) is 2.87. The highest BCUT2D eigenvalue weighted by Gasteiger charge is 2.50. The van der Waals surface area contributed by atoms with E-state index in [0.29, 0.717) is 0 Å². The summed E-state index contributed by atoms with van der Waals surface area (Å²) in [6.45, 7) is 29.9. The summed E-state index contributed by atoms with van der Waals surface area (Å²) >= 11 is 0. The fourth-order valence-corrected chi connectivity index (χ4v) is 15.7. The van der Waals surface area contributed by atoms with E-state index in [1.165, 1.54) is 165 Å². The molecule has 8 aromatic carbocycles. The minimum absolute atomic E-state index is 0.0256. The molecule has 2 aromatic heterocycles. The lowest BCUT2D eigenvalue weighted by Crippen LogP contribution is -2.61. The molecule has 74 heavy (non-hydrogen) atoms. The van der Waals surface area contributed by atoms with Crippen molar-refractivity contribution in [1.82, 2.24) is 9.13 Å². The Bertz CT molecular complexity index is 4110. The fraction of sp³-hybridized carbons (Fsp3) is 0.343. The number of hydrogen-bond donors (Lipinski definition) is 0. The van der Waals surface area contributed by atoms with Crippen LogP contribution < -0.4 is 15.7 Å². The first-order valence-electron chi connectivity index (χ1n) is 28.0. The Morgan fingerprint density at radius 2 is 0.865 bits per heavy atom. The van der Waals surface area contributed by atoms with Crippen LogP contribution in [0, 0.1) is 0 Å². The minimum atomic E-state index is -0.0908. The first-order chi connectivity index (χ1) is 35.2. The highest BCUT2D eigenvalue weighted by molar-refractivity contribution is 6.93. The number of anilines is 2. The Labute approximate surface area is 438 Å². The summed E-state index contributed by atoms with van der Waals surface area (Å²) in [7, 11) is 0. The molecule has 10 aromatic rings. The standard InChI is InChI=1S/C70H70BN3/c1-65(2)29-30-66(3,4)49-35-42(26-27-48(49)65)74-58-39-52-50(67(5,6)31-33-69(52,9)10)36-46(58)47-37-60(72-55-23-17-15-21-44(55)45-22-16-18-24-56(45)72)62-61-43-20-14-13-19-41(43)25-28-57(61)73-59-40-53-51(68(7,8)32-34-70(53,11)12)38-54(59)71(74)63(47)64(62)73/h13-28,35-40H,29-34H2,1-12H3. The van der Waals surface area contributed by atoms with Crippen molar-refractivity contribution in [2.45, 2.75) is 154 Å². The maximum atomic E-state index is 2.87. The van der Waals surface area contributed by atoms with Crippen LogP contribution in [0.4, 0.5) is 11.4 Å². The maximum Gasteiger partial charge on any atom is 0.333 e. The van der Waals surface area contributed by atoms with Gasteiger partial charge in [-0.3, -0.25) is 0 Å². The van der Waals surface area contributed by atoms with Crippen LogP contribution in [-0.4, -0.2) is 16.0 Å². The Morgan fingerprint density at radius 1 is 0.365 bits per heavy atom. The Morgan fingerprint density at radius 3 is 1.47 bits per heavy atom. The minimum Gasteiger partial charge on any atom is -0.376 e. The molecule has 2 aliphatic heterocycles. The Balaban J connectivity index is 1.19. The molecule has 0 saturated carbocycles. The van der Waals surface area contributed by atoms with Gasteiger partial charge in [-0.2, -0.15) is 0 Å². The van der Waals surface area contributed by atoms with E-state index < -0.39 is 0 Å². The van der Waals surface area contributed by atoms with Gasteiger partial charge >= 0.3 is 6.85 Å². The van der Waals surface area contributed by atoms with Gasteiger partial charge in [0.15, 0.2) is 0 Å². The zero-order valence-electron chi connectivity index (χ0n) is 45.9. The molecule has 0 fully saturated rings. The average molecular weight is 964 g/mol. The molecule has 3 nitrogen and oxygen atoms in total. The molecule has 0 saturated heterocycles. The lowest BCUT2D eigenvalue weighted by Gasteiger charge is -2.48. The fourth-order valence-electron chi connectivity index (χ4n) is 15.7. The van der Waals surface area contributed by atoms with Crippen LogP contribution in [-0.2, 0) is 32.5 Å². The largest absolute Gasteiger partial charge is 0.376 e. The third-order valence-electron chi connectivity index (χ3n) is 20.5. The third kappa shape index (κ3) is 5.76. The van der Waals surface area contributed by atoms with E-state index in [-0.39, 0.29) is 39.3 Å². The molecule has 5 aliphatic rings. The molecule has 15 rings (SSSR count). The highest BCUT2D eigenvalue weighted by Crippen LogP contribution is 2.56. The van der Waals surface area contributed by atoms with Gasteiger partial charge in [0.2, 0.25) is 0 Å². The second-order valence-corrected chi connectivity index (χ2v) is 27.6. The van der Waals surface area contributed by atoms with Crippen molar-refractivity contribution >= 4 is 83.5 Å². The lowest BCUT2D eigenvalue weighted by atomic mass is 9.43. The number of fused-ring (bicyclic) bond motifs is 16. The highest BCUT2D eigenvalue weighted by atomic mass is 15.1. The van der Waals surface area contributed by atoms with Crippen LogP contribution in [0.5, 0.6) is 0 Å². The van der Waals surface area contributed by atoms with Crippen LogP contribution in [0.25, 0.3) is 76.9 Å². The number of para-hydroxylation sites is 2. The predicted octanol–water partition coefficient (Wildman–Crippen LogP) is 17.3. The van der Waals surface area contributed by atoms with Gasteiger partial charge in [0.25, 0.3) is 0 Å². The topological polar surface area (TPSA) is 13.1 Å². The molecule has 0 bridgehead atoms. The molecular weight excluding hydrogens is 894 g/mol. The smallest absolute Gasteiger partial charge is 0.333 e. The molecule has 4 heterocycles. The molecule has 0 N–H and O–H groups in total. The van der Waals surface area contributed by atoms with Crippen molar-refractivity contribution in [1.29, 1.82) is 0 Å². The molecule has 4 heteroatoms. The summed E-state index contributed by atoms with van der Waals surface area (Å²) in [5.41, 5.74) is 25.2. The van der Waals surface area contributed by atoms with Crippen molar-refractivity contribution in [2.24, 2.45) is 0 Å². The van der Waals surface area contributed by atoms with E-state index >= 15 is 0 Å². The molecule has 0 spiro atoms. The summed E-state index contributed by atoms with van der Waals surface area (Å²) in [6.07, 6.45) is 7.04. The molecular formula is C70H70BN3. The van der Waals surface area contributed by atoms with E-state index in [1.807, 2.05) is 0 Å². The van der Waals surface area contributed by atoms with Crippen molar-refractivity contribution in [3.63, 3.8) is 0 Å². The van der Waals surface area contributed by atoms with E-state index in [0.717, 1.165) is 6.42 Å². The van der Waals surface area contributed by atoms with Crippen molar-refractivity contribution in [3.05, 3.63) is 167 Å². The first kappa shape index (κ1) is 44.9. The van der Waals surface area contributed by atoms with Gasteiger partial charge in [-0.25, -0.2) is 0 Å². The van der Waals surface area contributed by atoms with Gasteiger partial charge in [0.1, 0.15) is 0 Å². The Hall–Kier alpha value is -6.52. The van der Waals surface area contributed by atoms with Crippen LogP contribution >= 0.6 is 0 Å². The monoisotopic (exact) mass is 964 g/mol. The van der Waals surface area contributed by atoms with Crippen molar-refractivity contribution < 1.29 is 0 Å². The van der Waals surface area contributed by atoms with Crippen LogP contribution in [0.1, 0.15) is 155 Å². The van der Waals surface area contributed by atoms with E-state index in [9.17, 15) is 0 Å². The summed E-state index contributed by atoms with van der Waals surface area (Å²) in [6, 6.07) is 53.5. The van der Waals surface area contributed by atoms with Crippen molar-refractivity contribution in [2.75, 3.05) is 4.81 Å². The van der Waals surface area contributed by atoms with E-state index in [2.05, 4.69) is 230 Å². The van der Waals surface area contributed by atoms with Gasteiger partial charge in [-0.1, -0.05) is 162 Å². The van der Waals surface area contributed by atoms with Crippen molar-refractivity contribution in [3.8, 4) is 22.5 Å². The molecule has 0 amide bonds. The number of nitrogens with zero attached hydrogens (tertiary/aromatic N) is 3. The number of benzene rings is 8. The molecule has 0 unspecified atom stereocenters. The second-order valence-electron chi connectivity index (χ2n) is 27.6. The molecule has 368 valence electrons. The maximum absolute atomic E-state index is 2.87. The van der Waals surface area contributed by atoms with Gasteiger partial charge in [0, 0.05) is 44.2 Å². The number of aromatic nitrogens is 2. The Kier molecular flexibility index (Phi) is 8.65. The van der Waals surface area contributed by atoms with E-state index in [4.69, 9.17) is 0 Å². The van der Waals surface area contributed by atoms with Gasteiger partial charge < -0.3 is 13.9 Å². The van der Waals surface area contributed by atoms with Gasteiger partial charge in [0.05, 0.1) is 27.8 Å². The molecule has 0 radical (unpaired) electrons. The van der Waals surface area contributed by atoms with E-state index in [1.54, 1.807) is 0 Å². The van der Waals surface area contributed by atoms with Crippen LogP contribution in [0.15, 0.2) is 133 Å². The van der Waals surface area contributed by atoms with Crippen LogP contribution in [0.2, 0.25) is 0 Å². The quantitative estimate of drug-likeness (QED) is 0.157. The molecule has 0 atom stereocenters. The lowest BCUT2D eigenvalue weighted by molar-refractivity contribution is 0.332. The zero-order valence-corrected chi connectivity index (χ0v) is 45.9. The first-order valence-corrected chi connectivity index (χ1v) is 28.0. The third-order valence-corrected chi connectivity index (χ3v) is 20.5. The summed E-state index contributed by atoms with van der Waals surface area (Å²) < 4.78 is 5.41. The van der Waals surface area contributed by atoms with Gasteiger partial charge in [-0.15, -0.1) is 0 Å². The zero-order chi connectivity index (χ0) is 51.0. The summed E-state index contributed by atoms with van der Waals surface area (Å²) in [5, 5.41) is 7.84. The van der Waals surface area contributed by atoms with Crippen LogP contribution in [0.3, 0.4) is 0 Å². The van der Waals surface area contributed by atoms with Gasteiger partial charge in [-0.05, 0) is 186 Å². The second kappa shape index (κ2) is 14.2. The number of hydrogen-bond acceptors (Lipinski definition) is 1. The normalized spacial score (nSPS) is 19.9. The molecule has 3 aliphatic carbocycles. The average Bonchev–Trinajstić information content (AvgIpc) is 3.91.